The number of methoxy groups -OCH3 is 1. The van der Waals surface area contributed by atoms with E-state index in [1.165, 1.54) is 25.3 Å². The average Bonchev–Trinajstić information content (AvgIpc) is 3.11. The maximum absolute atomic E-state index is 13.3. The molecule has 0 bridgehead atoms. The van der Waals surface area contributed by atoms with Crippen molar-refractivity contribution in [1.29, 1.82) is 0 Å². The van der Waals surface area contributed by atoms with E-state index >= 15 is 0 Å². The summed E-state index contributed by atoms with van der Waals surface area (Å²) in [6.45, 7) is 2.87. The van der Waals surface area contributed by atoms with Crippen molar-refractivity contribution in [3.8, 4) is 5.75 Å². The van der Waals surface area contributed by atoms with Crippen LogP contribution in [0.3, 0.4) is 0 Å². The topological polar surface area (TPSA) is 118 Å². The normalized spacial score (nSPS) is 12.5. The van der Waals surface area contributed by atoms with Crippen molar-refractivity contribution in [3.63, 3.8) is 0 Å². The summed E-state index contributed by atoms with van der Waals surface area (Å²) in [7, 11) is -9.09. The third kappa shape index (κ3) is 5.22. The highest BCUT2D eigenvalue weighted by molar-refractivity contribution is 7.90. The summed E-state index contributed by atoms with van der Waals surface area (Å²) in [4.78, 5) is 11.3. The first-order valence-corrected chi connectivity index (χ1v) is 12.7. The highest BCUT2D eigenvalue weighted by Crippen LogP contribution is 2.36. The van der Waals surface area contributed by atoms with Gasteiger partial charge in [-0.1, -0.05) is 17.7 Å². The molecular weight excluding hydrogens is 515 g/mol. The van der Waals surface area contributed by atoms with E-state index in [2.05, 4.69) is 8.92 Å². The van der Waals surface area contributed by atoms with E-state index in [1.54, 1.807) is 19.1 Å². The highest BCUT2D eigenvalue weighted by atomic mass is 32.2. The standard InChI is InChI=1S/C21H20F3NO8S2/c1-13-4-6-15(7-5-13)34(27,28)25-12-14(2)19-16(10-11-32-20(26)31-3)18(9-8-17(19)25)33-35(29,30)21(22,23)24/h4-9,12H,10-11H2,1-3H3. The zero-order chi connectivity index (χ0) is 26.2. The molecule has 0 fully saturated rings. The minimum Gasteiger partial charge on any atom is -0.438 e. The van der Waals surface area contributed by atoms with E-state index < -0.39 is 44.2 Å². The molecule has 0 amide bonds. The maximum atomic E-state index is 13.3. The van der Waals surface area contributed by atoms with Crippen molar-refractivity contribution in [2.24, 2.45) is 0 Å². The first-order chi connectivity index (χ1) is 16.2. The first-order valence-electron chi connectivity index (χ1n) is 9.86. The number of halogens is 3. The zero-order valence-electron chi connectivity index (χ0n) is 18.6. The summed E-state index contributed by atoms with van der Waals surface area (Å²) < 4.78 is 103. The van der Waals surface area contributed by atoms with Crippen LogP contribution in [-0.2, 0) is 36.0 Å². The molecule has 0 N–H and O–H groups in total. The number of carbonyl (C=O) groups excluding carboxylic acids is 1. The van der Waals surface area contributed by atoms with Crippen LogP contribution in [0.2, 0.25) is 0 Å². The van der Waals surface area contributed by atoms with Gasteiger partial charge in [-0.15, -0.1) is 0 Å². The Hall–Kier alpha value is -3.26. The Morgan fingerprint density at radius 2 is 1.63 bits per heavy atom. The molecule has 0 saturated carbocycles. The second kappa shape index (κ2) is 9.41. The maximum Gasteiger partial charge on any atom is 0.534 e. The molecule has 0 aliphatic carbocycles. The smallest absolute Gasteiger partial charge is 0.438 e. The van der Waals surface area contributed by atoms with Gasteiger partial charge in [0.15, 0.2) is 0 Å². The number of aryl methyl sites for hydroxylation is 2. The van der Waals surface area contributed by atoms with Gasteiger partial charge < -0.3 is 13.7 Å². The molecule has 0 spiro atoms. The Morgan fingerprint density at radius 3 is 2.20 bits per heavy atom. The molecule has 1 aromatic heterocycles. The molecule has 3 rings (SSSR count). The van der Waals surface area contributed by atoms with E-state index in [-0.39, 0.29) is 27.8 Å². The van der Waals surface area contributed by atoms with Crippen molar-refractivity contribution in [2.75, 3.05) is 13.7 Å². The molecule has 0 aliphatic heterocycles. The monoisotopic (exact) mass is 535 g/mol. The molecule has 190 valence electrons. The number of nitrogens with zero attached hydrogens (tertiary/aromatic N) is 1. The summed E-state index contributed by atoms with van der Waals surface area (Å²) in [6, 6.07) is 8.08. The van der Waals surface area contributed by atoms with Crippen LogP contribution in [0.5, 0.6) is 5.75 Å². The van der Waals surface area contributed by atoms with Gasteiger partial charge >= 0.3 is 21.8 Å². The number of hydrogen-bond acceptors (Lipinski definition) is 8. The lowest BCUT2D eigenvalue weighted by Crippen LogP contribution is -2.28. The van der Waals surface area contributed by atoms with Crippen LogP contribution in [0, 0.1) is 13.8 Å². The van der Waals surface area contributed by atoms with Gasteiger partial charge in [-0.25, -0.2) is 17.2 Å². The molecule has 2 aromatic carbocycles. The molecule has 3 aromatic rings. The Bertz CT molecular complexity index is 1480. The van der Waals surface area contributed by atoms with Crippen molar-refractivity contribution in [3.05, 3.63) is 59.3 Å². The van der Waals surface area contributed by atoms with Gasteiger partial charge in [-0.2, -0.15) is 21.6 Å². The summed E-state index contributed by atoms with van der Waals surface area (Å²) in [5.41, 5.74) is -4.60. The van der Waals surface area contributed by atoms with Gasteiger partial charge in [0.1, 0.15) is 5.75 Å². The van der Waals surface area contributed by atoms with Crippen LogP contribution >= 0.6 is 0 Å². The predicted molar refractivity (Wildman–Crippen MR) is 118 cm³/mol. The van der Waals surface area contributed by atoms with E-state index in [4.69, 9.17) is 4.74 Å². The van der Waals surface area contributed by atoms with Crippen LogP contribution in [0.4, 0.5) is 18.0 Å². The minimum atomic E-state index is -6.03. The number of aromatic nitrogens is 1. The Balaban J connectivity index is 2.20. The van der Waals surface area contributed by atoms with E-state index in [0.717, 1.165) is 28.8 Å². The van der Waals surface area contributed by atoms with Crippen molar-refractivity contribution >= 4 is 37.2 Å². The number of carbonyl (C=O) groups is 1. The van der Waals surface area contributed by atoms with Crippen LogP contribution in [0.1, 0.15) is 16.7 Å². The Kier molecular flexibility index (Phi) is 7.09. The zero-order valence-corrected chi connectivity index (χ0v) is 20.3. The molecule has 35 heavy (non-hydrogen) atoms. The number of fused-ring (bicyclic) bond motifs is 1. The van der Waals surface area contributed by atoms with Crippen molar-refractivity contribution in [1.82, 2.24) is 3.97 Å². The lowest BCUT2D eigenvalue weighted by Gasteiger charge is -2.15. The Labute approximate surface area is 199 Å². The third-order valence-corrected chi connectivity index (χ3v) is 7.64. The molecule has 9 nitrogen and oxygen atoms in total. The summed E-state index contributed by atoms with van der Waals surface area (Å²) in [5, 5.41) is 0.129. The van der Waals surface area contributed by atoms with Crippen LogP contribution in [0.15, 0.2) is 47.5 Å². The molecular formula is C21H20F3NO8S2. The molecule has 0 aliphatic rings. The van der Waals surface area contributed by atoms with Crippen LogP contribution in [0.25, 0.3) is 10.9 Å². The third-order valence-electron chi connectivity index (χ3n) is 4.99. The summed E-state index contributed by atoms with van der Waals surface area (Å²) >= 11 is 0. The lowest BCUT2D eigenvalue weighted by molar-refractivity contribution is -0.0500. The SMILES string of the molecule is COC(=O)OCCc1c(OS(=O)(=O)C(F)(F)F)ccc2c1c(C)cn2S(=O)(=O)c1ccc(C)cc1. The van der Waals surface area contributed by atoms with Gasteiger partial charge in [0.05, 0.1) is 24.1 Å². The number of alkyl halides is 3. The second-order valence-electron chi connectivity index (χ2n) is 7.40. The van der Waals surface area contributed by atoms with Gasteiger partial charge in [-0.3, -0.25) is 0 Å². The number of benzene rings is 2. The molecule has 1 heterocycles. The largest absolute Gasteiger partial charge is 0.534 e. The summed E-state index contributed by atoms with van der Waals surface area (Å²) in [5.74, 6) is -0.683. The first kappa shape index (κ1) is 26.3. The number of ether oxygens (including phenoxy) is 2. The summed E-state index contributed by atoms with van der Waals surface area (Å²) in [6.07, 6.45) is -0.115. The quantitative estimate of drug-likeness (QED) is 0.253. The molecule has 0 radical (unpaired) electrons. The fourth-order valence-corrected chi connectivity index (χ4v) is 5.26. The van der Waals surface area contributed by atoms with Crippen molar-refractivity contribution < 1.29 is 48.5 Å². The van der Waals surface area contributed by atoms with Crippen LogP contribution in [-0.4, -0.2) is 46.2 Å². The minimum absolute atomic E-state index is 0.0319. The highest BCUT2D eigenvalue weighted by Gasteiger charge is 2.49. The molecule has 0 unspecified atom stereocenters. The van der Waals surface area contributed by atoms with E-state index in [9.17, 15) is 34.8 Å². The predicted octanol–water partition coefficient (Wildman–Crippen LogP) is 4.05. The Morgan fingerprint density at radius 1 is 1.00 bits per heavy atom. The molecule has 0 saturated heterocycles. The van der Waals surface area contributed by atoms with Gasteiger partial charge in [0, 0.05) is 23.6 Å². The molecule has 0 atom stereocenters. The van der Waals surface area contributed by atoms with Crippen LogP contribution < -0.4 is 4.18 Å². The fourth-order valence-electron chi connectivity index (χ4n) is 3.36. The number of rotatable bonds is 7. The van der Waals surface area contributed by atoms with Crippen molar-refractivity contribution in [2.45, 2.75) is 30.7 Å². The fraction of sp³-hybridized carbons (Fsp3) is 0.286. The van der Waals surface area contributed by atoms with Gasteiger partial charge in [0.25, 0.3) is 10.0 Å². The van der Waals surface area contributed by atoms with E-state index in [1.807, 2.05) is 0 Å². The van der Waals surface area contributed by atoms with E-state index in [0.29, 0.717) is 5.56 Å². The average molecular weight is 536 g/mol. The number of hydrogen-bond donors (Lipinski definition) is 0. The molecule has 14 heteroatoms. The lowest BCUT2D eigenvalue weighted by atomic mass is 10.0. The van der Waals surface area contributed by atoms with Gasteiger partial charge in [-0.05, 0) is 43.7 Å². The second-order valence-corrected chi connectivity index (χ2v) is 10.8. The van der Waals surface area contributed by atoms with Gasteiger partial charge in [0.2, 0.25) is 0 Å².